The molecule has 1 aliphatic carbocycles. The zero-order chi connectivity index (χ0) is 12.7. The van der Waals surface area contributed by atoms with E-state index in [9.17, 15) is 0 Å². The highest BCUT2D eigenvalue weighted by atomic mass is 32.1. The molecular weight excluding hydrogens is 238 g/mol. The molecule has 3 rings (SSSR count). The maximum Gasteiger partial charge on any atom is 0.0349 e. The number of rotatable bonds is 4. The molecule has 2 aromatic rings. The highest BCUT2D eigenvalue weighted by Gasteiger charge is 2.29. The van der Waals surface area contributed by atoms with Crippen LogP contribution in [0.1, 0.15) is 48.6 Å². The van der Waals surface area contributed by atoms with Crippen molar-refractivity contribution in [3.8, 4) is 0 Å². The Labute approximate surface area is 113 Å². The lowest BCUT2D eigenvalue weighted by Gasteiger charge is -2.08. The number of benzene rings is 1. The van der Waals surface area contributed by atoms with Gasteiger partial charge < -0.3 is 5.32 Å². The number of thiophene rings is 1. The van der Waals surface area contributed by atoms with Crippen molar-refractivity contribution in [2.75, 3.05) is 0 Å². The third kappa shape index (κ3) is 2.32. The molecule has 0 saturated heterocycles. The summed E-state index contributed by atoms with van der Waals surface area (Å²) in [5.41, 5.74) is 3.03. The van der Waals surface area contributed by atoms with Crippen molar-refractivity contribution in [3.63, 3.8) is 0 Å². The number of hydrogen-bond acceptors (Lipinski definition) is 2. The minimum atomic E-state index is 0.559. The van der Waals surface area contributed by atoms with Gasteiger partial charge in [-0.15, -0.1) is 11.3 Å². The van der Waals surface area contributed by atoms with Crippen LogP contribution >= 0.6 is 11.3 Å². The molecule has 1 aromatic heterocycles. The molecule has 0 spiro atoms. The van der Waals surface area contributed by atoms with E-state index in [1.165, 1.54) is 28.5 Å². The van der Waals surface area contributed by atoms with E-state index in [1.807, 2.05) is 11.3 Å². The third-order valence-corrected chi connectivity index (χ3v) is 4.80. The largest absolute Gasteiger partial charge is 0.310 e. The van der Waals surface area contributed by atoms with E-state index in [-0.39, 0.29) is 0 Å². The Morgan fingerprint density at radius 3 is 2.78 bits per heavy atom. The predicted molar refractivity (Wildman–Crippen MR) is 80.5 cm³/mol. The summed E-state index contributed by atoms with van der Waals surface area (Å²) in [4.78, 5) is 1.56. The van der Waals surface area contributed by atoms with Crippen LogP contribution in [0.3, 0.4) is 0 Å². The molecule has 1 N–H and O–H groups in total. The molecule has 1 aromatic carbocycles. The lowest BCUT2D eigenvalue weighted by atomic mass is 10.0. The molecule has 0 unspecified atom stereocenters. The Balaban J connectivity index is 2.04. The van der Waals surface area contributed by atoms with E-state index >= 15 is 0 Å². The first kappa shape index (κ1) is 12.2. The van der Waals surface area contributed by atoms with Crippen LogP contribution < -0.4 is 5.32 Å². The Bertz CT molecular complexity index is 564. The van der Waals surface area contributed by atoms with Crippen molar-refractivity contribution in [2.45, 2.75) is 52.1 Å². The van der Waals surface area contributed by atoms with E-state index in [2.05, 4.69) is 44.3 Å². The maximum absolute atomic E-state index is 3.57. The third-order valence-electron chi connectivity index (χ3n) is 3.62. The topological polar surface area (TPSA) is 12.0 Å². The van der Waals surface area contributed by atoms with Crippen molar-refractivity contribution in [1.82, 2.24) is 5.32 Å². The summed E-state index contributed by atoms with van der Waals surface area (Å²) in [6.07, 6.45) is 2.77. The summed E-state index contributed by atoms with van der Waals surface area (Å²) in [6, 6.07) is 7.46. The van der Waals surface area contributed by atoms with Gasteiger partial charge in [0.05, 0.1) is 0 Å². The minimum absolute atomic E-state index is 0.559. The average Bonchev–Trinajstić information content (AvgIpc) is 3.08. The van der Waals surface area contributed by atoms with Gasteiger partial charge in [0.25, 0.3) is 0 Å². The van der Waals surface area contributed by atoms with Gasteiger partial charge in [-0.2, -0.15) is 0 Å². The Morgan fingerprint density at radius 1 is 1.33 bits per heavy atom. The molecule has 96 valence electrons. The van der Waals surface area contributed by atoms with Crippen LogP contribution in [-0.4, -0.2) is 6.04 Å². The van der Waals surface area contributed by atoms with Gasteiger partial charge in [-0.05, 0) is 42.7 Å². The lowest BCUT2D eigenvalue weighted by molar-refractivity contribution is 0.591. The molecular formula is C16H21NS. The molecule has 1 heterocycles. The molecule has 1 nitrogen and oxygen atoms in total. The molecule has 1 fully saturated rings. The Hall–Kier alpha value is -0.860. The summed E-state index contributed by atoms with van der Waals surface area (Å²) in [7, 11) is 0. The fraction of sp³-hybridized carbons (Fsp3) is 0.500. The van der Waals surface area contributed by atoms with Crippen LogP contribution in [0.5, 0.6) is 0 Å². The molecule has 0 radical (unpaired) electrons. The number of aryl methyl sites for hydroxylation is 1. The maximum atomic E-state index is 3.57. The van der Waals surface area contributed by atoms with E-state index in [0.29, 0.717) is 6.04 Å². The van der Waals surface area contributed by atoms with Gasteiger partial charge >= 0.3 is 0 Å². The van der Waals surface area contributed by atoms with Gasteiger partial charge in [0.1, 0.15) is 0 Å². The number of fused-ring (bicyclic) bond motifs is 1. The smallest absolute Gasteiger partial charge is 0.0349 e. The summed E-state index contributed by atoms with van der Waals surface area (Å²) in [5, 5.41) is 5.09. The second-order valence-corrected chi connectivity index (χ2v) is 6.89. The molecule has 2 heteroatoms. The standard InChI is InChI=1S/C16H21NS/c1-10(2)17-9-15-16(12-5-6-12)13-8-11(3)4-7-14(13)18-15/h4,7-8,10,12,17H,5-6,9H2,1-3H3. The van der Waals surface area contributed by atoms with Crippen molar-refractivity contribution in [3.05, 3.63) is 34.2 Å². The monoisotopic (exact) mass is 259 g/mol. The first-order valence-electron chi connectivity index (χ1n) is 6.90. The van der Waals surface area contributed by atoms with Crippen molar-refractivity contribution < 1.29 is 0 Å². The van der Waals surface area contributed by atoms with Crippen molar-refractivity contribution >= 4 is 21.4 Å². The highest BCUT2D eigenvalue weighted by molar-refractivity contribution is 7.19. The normalized spacial score (nSPS) is 15.8. The second-order valence-electron chi connectivity index (χ2n) is 5.75. The van der Waals surface area contributed by atoms with Crippen molar-refractivity contribution in [1.29, 1.82) is 0 Å². The van der Waals surface area contributed by atoms with Gasteiger partial charge in [0.15, 0.2) is 0 Å². The summed E-state index contributed by atoms with van der Waals surface area (Å²) in [6.45, 7) is 7.66. The van der Waals surface area contributed by atoms with Crippen LogP contribution in [0, 0.1) is 6.92 Å². The van der Waals surface area contributed by atoms with Crippen LogP contribution in [0.15, 0.2) is 18.2 Å². The van der Waals surface area contributed by atoms with Crippen LogP contribution in [0.25, 0.3) is 10.1 Å². The van der Waals surface area contributed by atoms with Crippen LogP contribution in [0.4, 0.5) is 0 Å². The number of nitrogens with one attached hydrogen (secondary N) is 1. The first-order chi connectivity index (χ1) is 8.65. The van der Waals surface area contributed by atoms with Gasteiger partial charge in [0, 0.05) is 22.2 Å². The fourth-order valence-corrected chi connectivity index (χ4v) is 3.75. The molecule has 0 bridgehead atoms. The summed E-state index contributed by atoms with van der Waals surface area (Å²) < 4.78 is 1.46. The van der Waals surface area contributed by atoms with E-state index in [1.54, 1.807) is 10.4 Å². The van der Waals surface area contributed by atoms with Crippen molar-refractivity contribution in [2.24, 2.45) is 0 Å². The Kier molecular flexibility index (Phi) is 3.16. The van der Waals surface area contributed by atoms with Gasteiger partial charge in [0.2, 0.25) is 0 Å². The first-order valence-corrected chi connectivity index (χ1v) is 7.72. The highest BCUT2D eigenvalue weighted by Crippen LogP contribution is 2.48. The van der Waals surface area contributed by atoms with Gasteiger partial charge in [-0.3, -0.25) is 0 Å². The quantitative estimate of drug-likeness (QED) is 0.847. The minimum Gasteiger partial charge on any atom is -0.310 e. The van der Waals surface area contributed by atoms with Gasteiger partial charge in [-0.1, -0.05) is 31.5 Å². The van der Waals surface area contributed by atoms with Crippen LogP contribution in [0.2, 0.25) is 0 Å². The molecule has 1 aliphatic rings. The predicted octanol–water partition coefficient (Wildman–Crippen LogP) is 4.59. The van der Waals surface area contributed by atoms with E-state index in [0.717, 1.165) is 12.5 Å². The molecule has 0 aliphatic heterocycles. The molecule has 18 heavy (non-hydrogen) atoms. The van der Waals surface area contributed by atoms with Crippen LogP contribution in [-0.2, 0) is 6.54 Å². The molecule has 1 saturated carbocycles. The van der Waals surface area contributed by atoms with E-state index in [4.69, 9.17) is 0 Å². The zero-order valence-electron chi connectivity index (χ0n) is 11.4. The lowest BCUT2D eigenvalue weighted by Crippen LogP contribution is -2.21. The zero-order valence-corrected chi connectivity index (χ0v) is 12.2. The molecule has 0 atom stereocenters. The SMILES string of the molecule is Cc1ccc2sc(CNC(C)C)c(C3CC3)c2c1. The fourth-order valence-electron chi connectivity index (χ4n) is 2.53. The number of hydrogen-bond donors (Lipinski definition) is 1. The summed E-state index contributed by atoms with van der Waals surface area (Å²) >= 11 is 1.98. The Morgan fingerprint density at radius 2 is 2.11 bits per heavy atom. The average molecular weight is 259 g/mol. The molecule has 0 amide bonds. The second kappa shape index (κ2) is 4.67. The van der Waals surface area contributed by atoms with Gasteiger partial charge in [-0.25, -0.2) is 0 Å². The van der Waals surface area contributed by atoms with E-state index < -0.39 is 0 Å². The summed E-state index contributed by atoms with van der Waals surface area (Å²) in [5.74, 6) is 0.838.